The van der Waals surface area contributed by atoms with Gasteiger partial charge in [-0.1, -0.05) is 19.1 Å². The third kappa shape index (κ3) is 4.02. The molecule has 2 N–H and O–H groups in total. The minimum atomic E-state index is 0.255. The smallest absolute Gasteiger partial charge is 0.0901 e. The number of aryl methyl sites for hydroxylation is 2. The first kappa shape index (κ1) is 16.4. The first-order valence-corrected chi connectivity index (χ1v) is 8.25. The summed E-state index contributed by atoms with van der Waals surface area (Å²) in [5.74, 6) is 0. The summed E-state index contributed by atoms with van der Waals surface area (Å²) in [5, 5.41) is 4.52. The molecule has 1 aromatic heterocycles. The van der Waals surface area contributed by atoms with Gasteiger partial charge in [0.2, 0.25) is 0 Å². The Kier molecular flexibility index (Phi) is 5.72. The topological polar surface area (TPSA) is 50.3 Å². The number of hydrogen-bond acceptors (Lipinski definition) is 4. The van der Waals surface area contributed by atoms with Crippen molar-refractivity contribution >= 4 is 17.2 Å². The second-order valence-electron chi connectivity index (χ2n) is 5.73. The Hall–Kier alpha value is -0.980. The third-order valence-electron chi connectivity index (χ3n) is 4.23. The minimum Gasteiger partial charge on any atom is -0.392 e. The summed E-state index contributed by atoms with van der Waals surface area (Å²) in [6.45, 7) is 12.5. The molecule has 6 heteroatoms. The molecule has 2 rings (SSSR count). The molecule has 1 saturated heterocycles. The van der Waals surface area contributed by atoms with E-state index in [-0.39, 0.29) is 6.04 Å². The Morgan fingerprint density at radius 3 is 2.52 bits per heavy atom. The average Bonchev–Trinajstić information content (AvgIpc) is 2.81. The summed E-state index contributed by atoms with van der Waals surface area (Å²) in [4.78, 5) is 5.54. The van der Waals surface area contributed by atoms with Crippen molar-refractivity contribution in [2.75, 3.05) is 26.2 Å². The lowest BCUT2D eigenvalue weighted by Crippen LogP contribution is -2.53. The lowest BCUT2D eigenvalue weighted by atomic mass is 10.1. The van der Waals surface area contributed by atoms with Crippen LogP contribution in [0.15, 0.2) is 6.07 Å². The number of piperazine rings is 1. The lowest BCUT2D eigenvalue weighted by Gasteiger charge is -2.38. The van der Waals surface area contributed by atoms with Gasteiger partial charge in [-0.3, -0.25) is 14.5 Å². The van der Waals surface area contributed by atoms with Gasteiger partial charge in [0.1, 0.15) is 0 Å². The van der Waals surface area contributed by atoms with E-state index in [9.17, 15) is 0 Å². The van der Waals surface area contributed by atoms with Crippen LogP contribution < -0.4 is 5.73 Å². The van der Waals surface area contributed by atoms with E-state index < -0.39 is 0 Å². The van der Waals surface area contributed by atoms with Gasteiger partial charge in [0.25, 0.3) is 0 Å². The largest absolute Gasteiger partial charge is 0.392 e. The molecule has 0 amide bonds. The molecule has 21 heavy (non-hydrogen) atoms. The molecule has 1 aliphatic rings. The van der Waals surface area contributed by atoms with Crippen LogP contribution >= 0.6 is 12.2 Å². The van der Waals surface area contributed by atoms with Crippen molar-refractivity contribution in [2.24, 2.45) is 5.73 Å². The highest BCUT2D eigenvalue weighted by molar-refractivity contribution is 7.80. The van der Waals surface area contributed by atoms with E-state index >= 15 is 0 Å². The van der Waals surface area contributed by atoms with Crippen LogP contribution in [0.4, 0.5) is 0 Å². The molecule has 1 aliphatic heterocycles. The maximum Gasteiger partial charge on any atom is 0.0901 e. The highest BCUT2D eigenvalue weighted by Gasteiger charge is 2.24. The van der Waals surface area contributed by atoms with Gasteiger partial charge in [0, 0.05) is 39.3 Å². The minimum absolute atomic E-state index is 0.255. The van der Waals surface area contributed by atoms with E-state index in [1.165, 1.54) is 5.69 Å². The molecule has 5 nitrogen and oxygen atoms in total. The number of hydrogen-bond donors (Lipinski definition) is 1. The van der Waals surface area contributed by atoms with Crippen molar-refractivity contribution in [3.63, 3.8) is 0 Å². The maximum absolute atomic E-state index is 5.84. The van der Waals surface area contributed by atoms with Crippen LogP contribution in [0.25, 0.3) is 0 Å². The van der Waals surface area contributed by atoms with Gasteiger partial charge in [-0.15, -0.1) is 0 Å². The van der Waals surface area contributed by atoms with Crippen molar-refractivity contribution in [3.05, 3.63) is 17.5 Å². The predicted octanol–water partition coefficient (Wildman–Crippen LogP) is 1.39. The summed E-state index contributed by atoms with van der Waals surface area (Å²) in [6, 6.07) is 2.45. The highest BCUT2D eigenvalue weighted by Crippen LogP contribution is 2.13. The van der Waals surface area contributed by atoms with Crippen LogP contribution in [0.1, 0.15) is 31.7 Å². The molecular weight excluding hydrogens is 282 g/mol. The van der Waals surface area contributed by atoms with Crippen molar-refractivity contribution < 1.29 is 0 Å². The van der Waals surface area contributed by atoms with Gasteiger partial charge in [-0.25, -0.2) is 0 Å². The van der Waals surface area contributed by atoms with Crippen LogP contribution in [0.2, 0.25) is 0 Å². The summed E-state index contributed by atoms with van der Waals surface area (Å²) >= 11 is 5.18. The Labute approximate surface area is 133 Å². The van der Waals surface area contributed by atoms with Gasteiger partial charge in [0.15, 0.2) is 0 Å². The molecule has 1 unspecified atom stereocenters. The zero-order chi connectivity index (χ0) is 15.4. The standard InChI is InChI=1S/C15H27N5S/c1-4-14(15(16)21)19-8-6-18(7-9-19)11-13-10-12(3)17-20(13)5-2/h10,14H,4-9,11H2,1-3H3,(H2,16,21). The fourth-order valence-corrected chi connectivity index (χ4v) is 3.42. The van der Waals surface area contributed by atoms with Crippen molar-refractivity contribution in [3.8, 4) is 0 Å². The molecule has 118 valence electrons. The van der Waals surface area contributed by atoms with Gasteiger partial charge in [-0.05, 0) is 26.3 Å². The third-order valence-corrected chi connectivity index (χ3v) is 4.51. The molecule has 0 saturated carbocycles. The van der Waals surface area contributed by atoms with Gasteiger partial charge >= 0.3 is 0 Å². The van der Waals surface area contributed by atoms with E-state index in [0.717, 1.165) is 51.4 Å². The lowest BCUT2D eigenvalue weighted by molar-refractivity contribution is 0.110. The zero-order valence-electron chi connectivity index (χ0n) is 13.4. The molecule has 2 heterocycles. The summed E-state index contributed by atoms with van der Waals surface area (Å²) in [7, 11) is 0. The Morgan fingerprint density at radius 1 is 1.33 bits per heavy atom. The Bertz CT molecular complexity index is 476. The molecule has 1 fully saturated rings. The second kappa shape index (κ2) is 7.33. The quantitative estimate of drug-likeness (QED) is 0.805. The molecule has 0 spiro atoms. The summed E-state index contributed by atoms with van der Waals surface area (Å²) in [6.07, 6.45) is 0.997. The van der Waals surface area contributed by atoms with Gasteiger partial charge < -0.3 is 5.73 Å². The first-order valence-electron chi connectivity index (χ1n) is 7.84. The average molecular weight is 309 g/mol. The van der Waals surface area contributed by atoms with Crippen LogP contribution in [0.3, 0.4) is 0 Å². The molecular formula is C15H27N5S. The fourth-order valence-electron chi connectivity index (χ4n) is 3.10. The zero-order valence-corrected chi connectivity index (χ0v) is 14.2. The normalized spacial score (nSPS) is 18.8. The Morgan fingerprint density at radius 2 is 2.00 bits per heavy atom. The van der Waals surface area contributed by atoms with Crippen molar-refractivity contribution in [2.45, 2.75) is 46.3 Å². The highest BCUT2D eigenvalue weighted by atomic mass is 32.1. The van der Waals surface area contributed by atoms with Crippen LogP contribution in [-0.2, 0) is 13.1 Å². The number of rotatable bonds is 6. The van der Waals surface area contributed by atoms with E-state index in [1.807, 2.05) is 0 Å². The van der Waals surface area contributed by atoms with E-state index in [1.54, 1.807) is 0 Å². The number of aromatic nitrogens is 2. The molecule has 0 aromatic carbocycles. The summed E-state index contributed by atoms with van der Waals surface area (Å²) in [5.41, 5.74) is 8.25. The maximum atomic E-state index is 5.84. The van der Waals surface area contributed by atoms with Gasteiger partial charge in [0.05, 0.1) is 22.4 Å². The van der Waals surface area contributed by atoms with Crippen LogP contribution in [-0.4, -0.2) is 56.8 Å². The molecule has 1 aromatic rings. The van der Waals surface area contributed by atoms with E-state index in [4.69, 9.17) is 18.0 Å². The monoisotopic (exact) mass is 309 g/mol. The fraction of sp³-hybridized carbons (Fsp3) is 0.733. The van der Waals surface area contributed by atoms with E-state index in [0.29, 0.717) is 4.99 Å². The SMILES string of the molecule is CCC(C(N)=S)N1CCN(Cc2cc(C)nn2CC)CC1. The first-order chi connectivity index (χ1) is 10.0. The number of thiocarbonyl (C=S) groups is 1. The second-order valence-corrected chi connectivity index (χ2v) is 6.20. The van der Waals surface area contributed by atoms with Crippen LogP contribution in [0.5, 0.6) is 0 Å². The molecule has 0 bridgehead atoms. The number of nitrogens with two attached hydrogens (primary N) is 1. The molecule has 1 atom stereocenters. The van der Waals surface area contributed by atoms with E-state index in [2.05, 4.69) is 46.4 Å². The predicted molar refractivity (Wildman–Crippen MR) is 90.4 cm³/mol. The summed E-state index contributed by atoms with van der Waals surface area (Å²) < 4.78 is 2.10. The van der Waals surface area contributed by atoms with Crippen LogP contribution in [0, 0.1) is 6.92 Å². The van der Waals surface area contributed by atoms with Gasteiger partial charge in [-0.2, -0.15) is 5.10 Å². The molecule has 0 radical (unpaired) electrons. The number of nitrogens with zero attached hydrogens (tertiary/aromatic N) is 4. The van der Waals surface area contributed by atoms with Crippen molar-refractivity contribution in [1.82, 2.24) is 19.6 Å². The Balaban J connectivity index is 1.90. The molecule has 0 aliphatic carbocycles. The van der Waals surface area contributed by atoms with Crippen molar-refractivity contribution in [1.29, 1.82) is 0 Å².